The van der Waals surface area contributed by atoms with E-state index in [0.29, 0.717) is 19.7 Å². The number of para-hydroxylation sites is 1. The molecule has 2 aromatic rings. The minimum Gasteiger partial charge on any atom is -0.466 e. The van der Waals surface area contributed by atoms with Crippen molar-refractivity contribution in [1.82, 2.24) is 9.47 Å². The number of aryl methyl sites for hydroxylation is 1. The Kier molecular flexibility index (Phi) is 4.74. The highest BCUT2D eigenvalue weighted by Crippen LogP contribution is 2.26. The van der Waals surface area contributed by atoms with Crippen LogP contribution in [0.3, 0.4) is 0 Å². The van der Waals surface area contributed by atoms with Gasteiger partial charge in [0.15, 0.2) is 0 Å². The lowest BCUT2D eigenvalue weighted by Gasteiger charge is -2.31. The molecule has 128 valence electrons. The number of benzene rings is 1. The number of likely N-dealkylation sites (tertiary alicyclic amines) is 1. The first-order valence-electron chi connectivity index (χ1n) is 8.36. The monoisotopic (exact) mass is 329 g/mol. The van der Waals surface area contributed by atoms with Crippen molar-refractivity contribution in [1.29, 1.82) is 0 Å². The van der Waals surface area contributed by atoms with E-state index in [2.05, 4.69) is 5.32 Å². The fourth-order valence-corrected chi connectivity index (χ4v) is 3.25. The van der Waals surface area contributed by atoms with Gasteiger partial charge in [0, 0.05) is 37.2 Å². The number of amides is 2. The SMILES string of the molecule is CCOC(=O)[C@@H]1CCCN(C(=O)Nc2cn(C)c3ccccc23)C1. The third-order valence-electron chi connectivity index (χ3n) is 4.47. The van der Waals surface area contributed by atoms with Gasteiger partial charge in [0.2, 0.25) is 0 Å². The molecule has 3 rings (SSSR count). The first kappa shape index (κ1) is 16.4. The van der Waals surface area contributed by atoms with Crippen LogP contribution < -0.4 is 5.32 Å². The van der Waals surface area contributed by atoms with Gasteiger partial charge in [-0.3, -0.25) is 4.79 Å². The Labute approximate surface area is 141 Å². The highest BCUT2D eigenvalue weighted by atomic mass is 16.5. The molecular formula is C18H23N3O3. The van der Waals surface area contributed by atoms with Crippen molar-refractivity contribution >= 4 is 28.6 Å². The molecule has 1 saturated heterocycles. The first-order chi connectivity index (χ1) is 11.6. The second-order valence-corrected chi connectivity index (χ2v) is 6.14. The lowest BCUT2D eigenvalue weighted by Crippen LogP contribution is -2.44. The second kappa shape index (κ2) is 6.95. The van der Waals surface area contributed by atoms with Crippen LogP contribution in [-0.2, 0) is 16.6 Å². The lowest BCUT2D eigenvalue weighted by atomic mass is 9.98. The number of anilines is 1. The van der Waals surface area contributed by atoms with Crippen LogP contribution in [0.4, 0.5) is 10.5 Å². The number of carbonyl (C=O) groups excluding carboxylic acids is 2. The van der Waals surface area contributed by atoms with Gasteiger partial charge in [0.05, 0.1) is 18.2 Å². The number of carbonyl (C=O) groups is 2. The summed E-state index contributed by atoms with van der Waals surface area (Å²) >= 11 is 0. The van der Waals surface area contributed by atoms with Crippen molar-refractivity contribution in [3.8, 4) is 0 Å². The number of esters is 1. The van der Waals surface area contributed by atoms with E-state index in [1.54, 1.807) is 11.8 Å². The molecule has 1 N–H and O–H groups in total. The van der Waals surface area contributed by atoms with Crippen LogP contribution in [0, 0.1) is 5.92 Å². The number of piperidine rings is 1. The minimum atomic E-state index is -0.225. The van der Waals surface area contributed by atoms with E-state index in [0.717, 1.165) is 29.4 Å². The van der Waals surface area contributed by atoms with E-state index < -0.39 is 0 Å². The predicted octanol–water partition coefficient (Wildman–Crippen LogP) is 2.99. The molecule has 0 bridgehead atoms. The number of ether oxygens (including phenoxy) is 1. The molecule has 6 nitrogen and oxygen atoms in total. The van der Waals surface area contributed by atoms with Gasteiger partial charge in [-0.05, 0) is 25.8 Å². The van der Waals surface area contributed by atoms with E-state index in [1.165, 1.54) is 0 Å². The molecule has 0 aliphatic carbocycles. The Morgan fingerprint density at radius 1 is 1.33 bits per heavy atom. The molecule has 0 saturated carbocycles. The van der Waals surface area contributed by atoms with Crippen LogP contribution in [0.1, 0.15) is 19.8 Å². The highest BCUT2D eigenvalue weighted by Gasteiger charge is 2.29. The Balaban J connectivity index is 1.71. The van der Waals surface area contributed by atoms with E-state index in [4.69, 9.17) is 4.74 Å². The molecule has 6 heteroatoms. The fourth-order valence-electron chi connectivity index (χ4n) is 3.25. The quantitative estimate of drug-likeness (QED) is 0.881. The standard InChI is InChI=1S/C18H23N3O3/c1-3-24-17(22)13-7-6-10-21(11-13)18(23)19-15-12-20(2)16-9-5-4-8-14(15)16/h4-5,8-9,12-13H,3,6-7,10-11H2,1-2H3,(H,19,23)/t13-/m1/s1. The second-order valence-electron chi connectivity index (χ2n) is 6.14. The van der Waals surface area contributed by atoms with Crippen LogP contribution in [0.25, 0.3) is 10.9 Å². The Morgan fingerprint density at radius 2 is 2.12 bits per heavy atom. The molecule has 1 atom stereocenters. The normalized spacial score (nSPS) is 17.8. The summed E-state index contributed by atoms with van der Waals surface area (Å²) in [6, 6.07) is 7.77. The molecule has 1 aromatic heterocycles. The average Bonchev–Trinajstić information content (AvgIpc) is 2.91. The van der Waals surface area contributed by atoms with Gasteiger partial charge >= 0.3 is 12.0 Å². The molecule has 1 aliphatic heterocycles. The molecule has 1 aliphatic rings. The third-order valence-corrected chi connectivity index (χ3v) is 4.47. The van der Waals surface area contributed by atoms with Crippen molar-refractivity contribution in [2.75, 3.05) is 25.0 Å². The van der Waals surface area contributed by atoms with E-state index in [9.17, 15) is 9.59 Å². The highest BCUT2D eigenvalue weighted by molar-refractivity contribution is 6.01. The molecular weight excluding hydrogens is 306 g/mol. The van der Waals surface area contributed by atoms with Crippen LogP contribution in [0.2, 0.25) is 0 Å². The summed E-state index contributed by atoms with van der Waals surface area (Å²) in [6.07, 6.45) is 3.50. The summed E-state index contributed by atoms with van der Waals surface area (Å²) < 4.78 is 7.08. The average molecular weight is 329 g/mol. The summed E-state index contributed by atoms with van der Waals surface area (Å²) in [5, 5.41) is 3.99. The lowest BCUT2D eigenvalue weighted by molar-refractivity contribution is -0.149. The summed E-state index contributed by atoms with van der Waals surface area (Å²) in [5.74, 6) is -0.433. The molecule has 24 heavy (non-hydrogen) atoms. The maximum absolute atomic E-state index is 12.6. The predicted molar refractivity (Wildman–Crippen MR) is 92.9 cm³/mol. The number of hydrogen-bond acceptors (Lipinski definition) is 3. The van der Waals surface area contributed by atoms with Gasteiger partial charge in [-0.15, -0.1) is 0 Å². The number of nitrogens with one attached hydrogen (secondary N) is 1. The van der Waals surface area contributed by atoms with Crippen LogP contribution in [0.5, 0.6) is 0 Å². The molecule has 1 aromatic carbocycles. The maximum Gasteiger partial charge on any atom is 0.321 e. The van der Waals surface area contributed by atoms with Crippen LogP contribution >= 0.6 is 0 Å². The topological polar surface area (TPSA) is 63.6 Å². The molecule has 2 amide bonds. The van der Waals surface area contributed by atoms with E-state index in [-0.39, 0.29) is 17.9 Å². The van der Waals surface area contributed by atoms with Gasteiger partial charge in [0.25, 0.3) is 0 Å². The molecule has 1 fully saturated rings. The van der Waals surface area contributed by atoms with Crippen LogP contribution in [0.15, 0.2) is 30.5 Å². The van der Waals surface area contributed by atoms with Gasteiger partial charge in [-0.1, -0.05) is 18.2 Å². The Bertz CT molecular complexity index is 753. The van der Waals surface area contributed by atoms with Crippen molar-refractivity contribution < 1.29 is 14.3 Å². The smallest absolute Gasteiger partial charge is 0.321 e. The minimum absolute atomic E-state index is 0.166. The molecule has 2 heterocycles. The number of fused-ring (bicyclic) bond motifs is 1. The summed E-state index contributed by atoms with van der Waals surface area (Å²) in [7, 11) is 1.95. The van der Waals surface area contributed by atoms with E-state index in [1.807, 2.05) is 42.1 Å². The zero-order chi connectivity index (χ0) is 17.1. The van der Waals surface area contributed by atoms with Gasteiger partial charge in [0.1, 0.15) is 0 Å². The summed E-state index contributed by atoms with van der Waals surface area (Å²) in [4.78, 5) is 26.2. The zero-order valence-electron chi connectivity index (χ0n) is 14.1. The first-order valence-corrected chi connectivity index (χ1v) is 8.36. The number of aromatic nitrogens is 1. The Morgan fingerprint density at radius 3 is 2.92 bits per heavy atom. The molecule has 0 unspecified atom stereocenters. The zero-order valence-corrected chi connectivity index (χ0v) is 14.1. The molecule has 0 spiro atoms. The van der Waals surface area contributed by atoms with Gasteiger partial charge in [-0.2, -0.15) is 0 Å². The van der Waals surface area contributed by atoms with Gasteiger partial charge < -0.3 is 19.5 Å². The van der Waals surface area contributed by atoms with Gasteiger partial charge in [-0.25, -0.2) is 4.79 Å². The molecule has 0 radical (unpaired) electrons. The van der Waals surface area contributed by atoms with Crippen LogP contribution in [-0.4, -0.2) is 41.2 Å². The summed E-state index contributed by atoms with van der Waals surface area (Å²) in [6.45, 7) is 3.24. The van der Waals surface area contributed by atoms with Crippen molar-refractivity contribution in [2.24, 2.45) is 13.0 Å². The van der Waals surface area contributed by atoms with Crippen molar-refractivity contribution in [3.63, 3.8) is 0 Å². The fraction of sp³-hybridized carbons (Fsp3) is 0.444. The third kappa shape index (κ3) is 3.22. The Hall–Kier alpha value is -2.50. The van der Waals surface area contributed by atoms with Crippen molar-refractivity contribution in [2.45, 2.75) is 19.8 Å². The number of nitrogens with zero attached hydrogens (tertiary/aromatic N) is 2. The largest absolute Gasteiger partial charge is 0.466 e. The number of hydrogen-bond donors (Lipinski definition) is 1. The number of urea groups is 1. The number of rotatable bonds is 3. The maximum atomic E-state index is 12.6. The van der Waals surface area contributed by atoms with Crippen molar-refractivity contribution in [3.05, 3.63) is 30.5 Å². The summed E-state index contributed by atoms with van der Waals surface area (Å²) in [5.41, 5.74) is 1.85. The van der Waals surface area contributed by atoms with E-state index >= 15 is 0 Å².